The van der Waals surface area contributed by atoms with E-state index < -0.39 is 72.5 Å². The Bertz CT molecular complexity index is 1850. The number of hydrogen-bond donors (Lipinski definition) is 1. The Labute approximate surface area is 166 Å². The maximum atomic E-state index is 8.53. The molecule has 4 aromatic carbocycles. The van der Waals surface area contributed by atoms with Gasteiger partial charge in [-0.15, -0.1) is 0 Å². The summed E-state index contributed by atoms with van der Waals surface area (Å²) in [5.41, 5.74) is -0.384. The molecule has 0 aliphatic heterocycles. The highest BCUT2D eigenvalue weighted by atomic mass is 14.7. The minimum absolute atomic E-state index is 0.0418. The molecule has 0 spiro atoms. The summed E-state index contributed by atoms with van der Waals surface area (Å²) in [6.45, 7) is 0. The number of H-pyrrole nitrogens is 1. The molecule has 0 aliphatic carbocycles. The van der Waals surface area contributed by atoms with Crippen molar-refractivity contribution < 1.29 is 19.2 Å². The van der Waals surface area contributed by atoms with Crippen LogP contribution in [-0.4, -0.2) is 4.98 Å². The molecule has 0 unspecified atom stereocenters. The van der Waals surface area contributed by atoms with Crippen LogP contribution in [0.3, 0.4) is 0 Å². The molecule has 0 saturated carbocycles. The van der Waals surface area contributed by atoms with Crippen LogP contribution in [0.2, 0.25) is 0 Å². The molecule has 0 fully saturated rings. The SMILES string of the molecule is [2H]c1c([2H])c([2H])c(-c2cc3[nH]c4c([2H])c([2H])c([2H])c([2H])c4c3cc2-c2c([2H])c([2H])c([2H])c([2H])c2[2H])c([2H])c1[2H]. The Kier molecular flexibility index (Phi) is 1.33. The predicted molar refractivity (Wildman–Crippen MR) is 107 cm³/mol. The van der Waals surface area contributed by atoms with Crippen molar-refractivity contribution in [3.8, 4) is 22.3 Å². The van der Waals surface area contributed by atoms with Crippen molar-refractivity contribution in [2.24, 2.45) is 0 Å². The van der Waals surface area contributed by atoms with Crippen LogP contribution in [0.15, 0.2) is 96.7 Å². The van der Waals surface area contributed by atoms with Crippen LogP contribution in [0.1, 0.15) is 19.2 Å². The topological polar surface area (TPSA) is 15.8 Å². The van der Waals surface area contributed by atoms with Gasteiger partial charge in [-0.1, -0.05) is 78.6 Å². The third-order valence-electron chi connectivity index (χ3n) is 3.91. The molecule has 0 aliphatic rings. The smallest absolute Gasteiger partial charge is 0.0645 e. The van der Waals surface area contributed by atoms with Crippen LogP contribution in [0.25, 0.3) is 44.1 Å². The first-order valence-electron chi connectivity index (χ1n) is 14.4. The van der Waals surface area contributed by atoms with Gasteiger partial charge in [0.15, 0.2) is 0 Å². The van der Waals surface area contributed by atoms with Crippen molar-refractivity contribution in [1.82, 2.24) is 4.98 Å². The number of rotatable bonds is 2. The summed E-state index contributed by atoms with van der Waals surface area (Å²) in [5.74, 6) is 0. The first-order chi connectivity index (χ1) is 18.2. The zero-order valence-electron chi connectivity index (χ0n) is 26.7. The third kappa shape index (κ3) is 2.33. The fraction of sp³-hybridized carbons (Fsp3) is 0. The molecular formula is C24H17N. The number of aromatic amines is 1. The Morgan fingerprint density at radius 3 is 1.76 bits per heavy atom. The Balaban J connectivity index is 2.07. The molecule has 1 heterocycles. The van der Waals surface area contributed by atoms with E-state index in [-0.39, 0.29) is 56.1 Å². The predicted octanol–water partition coefficient (Wildman–Crippen LogP) is 6.66. The molecule has 0 bridgehead atoms. The van der Waals surface area contributed by atoms with Crippen molar-refractivity contribution in [3.05, 3.63) is 96.7 Å². The molecule has 0 radical (unpaired) electrons. The molecule has 5 rings (SSSR count). The van der Waals surface area contributed by atoms with Gasteiger partial charge in [-0.05, 0) is 40.4 Å². The van der Waals surface area contributed by atoms with Crippen molar-refractivity contribution in [1.29, 1.82) is 0 Å². The second-order valence-electron chi connectivity index (χ2n) is 5.32. The molecular weight excluding hydrogens is 302 g/mol. The zero-order chi connectivity index (χ0) is 28.8. The molecule has 0 amide bonds. The van der Waals surface area contributed by atoms with Gasteiger partial charge in [-0.2, -0.15) is 0 Å². The minimum atomic E-state index is -0.640. The first kappa shape index (κ1) is 5.89. The highest BCUT2D eigenvalue weighted by Gasteiger charge is 2.12. The van der Waals surface area contributed by atoms with E-state index in [4.69, 9.17) is 19.2 Å². The highest BCUT2D eigenvalue weighted by Crippen LogP contribution is 2.37. The van der Waals surface area contributed by atoms with Gasteiger partial charge in [0.25, 0.3) is 0 Å². The summed E-state index contributed by atoms with van der Waals surface area (Å²) in [7, 11) is 0. The van der Waals surface area contributed by atoms with E-state index in [0.29, 0.717) is 0 Å². The zero-order valence-corrected chi connectivity index (χ0v) is 12.7. The summed E-state index contributed by atoms with van der Waals surface area (Å²) in [4.78, 5) is 2.92. The molecule has 1 nitrogen and oxygen atoms in total. The largest absolute Gasteiger partial charge is 0.354 e. The number of nitrogens with one attached hydrogen (secondary N) is 1. The first-order valence-corrected chi connectivity index (χ1v) is 7.40. The van der Waals surface area contributed by atoms with Gasteiger partial charge >= 0.3 is 0 Å². The van der Waals surface area contributed by atoms with Gasteiger partial charge in [0.05, 0.1) is 19.2 Å². The fourth-order valence-corrected chi connectivity index (χ4v) is 2.84. The highest BCUT2D eigenvalue weighted by molar-refractivity contribution is 6.10. The standard InChI is InChI=1S/C24H17N/c1-3-9-17(10-4-1)20-15-22-19-13-7-8-14-23(19)25-24(22)16-21(20)18-11-5-2-6-12-18/h1-16,25H/i1D,2D,3D,4D,5D,6D,7D,8D,9D,10D,11D,12D,13D,14D. The van der Waals surface area contributed by atoms with E-state index in [1.165, 1.54) is 12.1 Å². The van der Waals surface area contributed by atoms with Crippen LogP contribution >= 0.6 is 0 Å². The summed E-state index contributed by atoms with van der Waals surface area (Å²) in [6.07, 6.45) is 0. The Morgan fingerprint density at radius 1 is 0.520 bits per heavy atom. The molecule has 1 aromatic heterocycles. The van der Waals surface area contributed by atoms with Gasteiger partial charge in [-0.25, -0.2) is 0 Å². The van der Waals surface area contributed by atoms with Gasteiger partial charge in [0.1, 0.15) is 0 Å². The summed E-state index contributed by atoms with van der Waals surface area (Å²) in [6, 6.07) is -5.09. The lowest BCUT2D eigenvalue weighted by atomic mass is 9.93. The van der Waals surface area contributed by atoms with E-state index in [9.17, 15) is 0 Å². The lowest BCUT2D eigenvalue weighted by molar-refractivity contribution is 1.53. The maximum Gasteiger partial charge on any atom is 0.0645 e. The van der Waals surface area contributed by atoms with E-state index in [1.807, 2.05) is 0 Å². The van der Waals surface area contributed by atoms with Crippen molar-refractivity contribution in [3.63, 3.8) is 0 Å². The molecule has 1 N–H and O–H groups in total. The lowest BCUT2D eigenvalue weighted by Gasteiger charge is -2.11. The third-order valence-corrected chi connectivity index (χ3v) is 3.91. The van der Waals surface area contributed by atoms with Crippen LogP contribution in [-0.2, 0) is 0 Å². The number of para-hydroxylation sites is 1. The van der Waals surface area contributed by atoms with Gasteiger partial charge in [-0.3, -0.25) is 0 Å². The van der Waals surface area contributed by atoms with E-state index >= 15 is 0 Å². The van der Waals surface area contributed by atoms with E-state index in [1.54, 1.807) is 0 Å². The lowest BCUT2D eigenvalue weighted by Crippen LogP contribution is -1.86. The summed E-state index contributed by atoms with van der Waals surface area (Å²) in [5, 5.41) is 0.326. The fourth-order valence-electron chi connectivity index (χ4n) is 2.84. The molecule has 118 valence electrons. The quantitative estimate of drug-likeness (QED) is 0.372. The molecule has 25 heavy (non-hydrogen) atoms. The van der Waals surface area contributed by atoms with Crippen molar-refractivity contribution >= 4 is 21.8 Å². The number of hydrogen-bond acceptors (Lipinski definition) is 0. The van der Waals surface area contributed by atoms with E-state index in [2.05, 4.69) is 4.98 Å². The number of aromatic nitrogens is 1. The summed E-state index contributed by atoms with van der Waals surface area (Å²) >= 11 is 0. The van der Waals surface area contributed by atoms with Crippen molar-refractivity contribution in [2.75, 3.05) is 0 Å². The average Bonchev–Trinajstić information content (AvgIpc) is 3.29. The van der Waals surface area contributed by atoms with Crippen LogP contribution in [0.4, 0.5) is 0 Å². The van der Waals surface area contributed by atoms with Gasteiger partial charge < -0.3 is 4.98 Å². The van der Waals surface area contributed by atoms with Gasteiger partial charge in [0.2, 0.25) is 0 Å². The molecule has 1 heteroatoms. The average molecular weight is 333 g/mol. The monoisotopic (exact) mass is 333 g/mol. The molecule has 0 saturated heterocycles. The number of benzene rings is 4. The van der Waals surface area contributed by atoms with Crippen molar-refractivity contribution in [2.45, 2.75) is 0 Å². The number of fused-ring (bicyclic) bond motifs is 3. The van der Waals surface area contributed by atoms with Crippen LogP contribution in [0, 0.1) is 0 Å². The second-order valence-corrected chi connectivity index (χ2v) is 5.32. The normalized spacial score (nSPS) is 19.0. The molecule has 0 atom stereocenters. The van der Waals surface area contributed by atoms with Crippen LogP contribution in [0.5, 0.6) is 0 Å². The minimum Gasteiger partial charge on any atom is -0.354 e. The Hall–Kier alpha value is -3.32. The van der Waals surface area contributed by atoms with Crippen LogP contribution < -0.4 is 0 Å². The van der Waals surface area contributed by atoms with E-state index in [0.717, 1.165) is 0 Å². The summed E-state index contributed by atoms with van der Waals surface area (Å²) < 4.78 is 115. The Morgan fingerprint density at radius 2 is 1.08 bits per heavy atom. The molecule has 5 aromatic rings. The maximum absolute atomic E-state index is 8.53. The second kappa shape index (κ2) is 5.64. The van der Waals surface area contributed by atoms with Gasteiger partial charge in [0, 0.05) is 21.8 Å².